The Morgan fingerprint density at radius 2 is 1.27 bits per heavy atom. The Hall–Kier alpha value is -1.76. The number of aliphatic hydroxyl groups excluding tert-OH is 1. The highest BCUT2D eigenvalue weighted by Gasteiger charge is 2.36. The Bertz CT molecular complexity index is 918. The first-order valence-corrected chi connectivity index (χ1v) is 20.8. The molecule has 13 nitrogen and oxygen atoms in total. The van der Waals surface area contributed by atoms with Crippen molar-refractivity contribution < 1.29 is 29.1 Å². The fraction of sp³-hybridized carbons (Fsp3) is 0.912. The smallest absolute Gasteiger partial charge is 0.383 e. The molecule has 0 rings (SSSR count). The molecule has 0 bridgehead atoms. The molecule has 3 radical (unpaired) electrons. The van der Waals surface area contributed by atoms with Crippen LogP contribution in [0.5, 0.6) is 0 Å². The summed E-state index contributed by atoms with van der Waals surface area (Å²) in [7, 11) is 0.641. The second-order valence-electron chi connectivity index (χ2n) is 13.5. The maximum atomic E-state index is 13.0. The van der Waals surface area contributed by atoms with E-state index in [1.807, 2.05) is 0 Å². The largest absolute Gasteiger partial charge is 0.415 e. The lowest BCUT2D eigenvalue weighted by atomic mass is 10.0. The molecule has 0 aliphatic carbocycles. The van der Waals surface area contributed by atoms with Crippen molar-refractivity contribution in [3.05, 3.63) is 0 Å². The summed E-state index contributed by atoms with van der Waals surface area (Å²) in [6.07, 6.45) is 18.0. The summed E-state index contributed by atoms with van der Waals surface area (Å²) in [4.78, 5) is 40.2. The fourth-order valence-corrected chi connectivity index (χ4v) is 7.30. The Balaban J connectivity index is 4.85. The Morgan fingerprint density at radius 1 is 0.776 bits per heavy atom. The first-order chi connectivity index (χ1) is 23.3. The van der Waals surface area contributed by atoms with Gasteiger partial charge in [0.2, 0.25) is 17.7 Å². The number of hydrogen-bond acceptors (Lipinski definition) is 9. The summed E-state index contributed by atoms with van der Waals surface area (Å²) in [5, 5.41) is 28.1. The van der Waals surface area contributed by atoms with E-state index in [1.54, 1.807) is 6.92 Å². The normalized spacial score (nSPS) is 15.8. The highest BCUT2D eigenvalue weighted by molar-refractivity contribution is 6.42. The number of nitrogens with two attached hydrogens (primary N) is 3. The lowest BCUT2D eigenvalue weighted by Gasteiger charge is -2.37. The predicted molar refractivity (Wildman–Crippen MR) is 198 cm³/mol. The van der Waals surface area contributed by atoms with Crippen molar-refractivity contribution in [3.8, 4) is 0 Å². The van der Waals surface area contributed by atoms with E-state index in [4.69, 9.17) is 17.2 Å². The standard InChI is InChI=1S/C34H70N7O6Si2/c1-4-5-6-7-8-9-10-11-12-13-14-15-16-23-30(42)39-29(22-18-20-25-36)34(46,48)40-26(2)33(45)38-27(3)49(47)41-28(21-17-19-24-35)31(43)32(37)44/h26-29,31,40-41,43,46H,4-25,35-36H2,1-3H3,(H2,37,44)(H,38,45)(H,39,42)/t26-,27+,28-,29-,31?,34?/m0/s1. The SMILES string of the molecule is CCCCCCCCCCCCCCCC(=O)N[C@@H](CCCCN)C(O)([Si])N[C@@H](C)C(=O)N[C@@H](C)[Si](=O)N[C@@H](CCCCN)C(O)C(N)=O. The lowest BCUT2D eigenvalue weighted by Crippen LogP contribution is -2.66. The third-order valence-electron chi connectivity index (χ3n) is 8.85. The van der Waals surface area contributed by atoms with Crippen LogP contribution in [0.2, 0.25) is 0 Å². The van der Waals surface area contributed by atoms with Crippen LogP contribution in [-0.2, 0) is 18.8 Å². The molecule has 0 aliphatic rings. The highest BCUT2D eigenvalue weighted by Crippen LogP contribution is 2.15. The Morgan fingerprint density at radius 3 is 1.76 bits per heavy atom. The minimum absolute atomic E-state index is 0.172. The Kier molecular flexibility index (Phi) is 27.9. The van der Waals surface area contributed by atoms with E-state index >= 15 is 0 Å². The summed E-state index contributed by atoms with van der Waals surface area (Å²) in [6, 6.07) is -2.55. The molecule has 49 heavy (non-hydrogen) atoms. The van der Waals surface area contributed by atoms with Gasteiger partial charge in [0.05, 0.1) is 34.0 Å². The number of unbranched alkanes of at least 4 members (excludes halogenated alkanes) is 14. The maximum Gasteiger partial charge on any atom is 0.415 e. The van der Waals surface area contributed by atoms with Gasteiger partial charge in [-0.2, -0.15) is 0 Å². The molecule has 0 aromatic rings. The van der Waals surface area contributed by atoms with Crippen LogP contribution in [-0.4, -0.2) is 95.4 Å². The van der Waals surface area contributed by atoms with Gasteiger partial charge in [-0.3, -0.25) is 19.7 Å². The van der Waals surface area contributed by atoms with Crippen LogP contribution < -0.4 is 38.1 Å². The summed E-state index contributed by atoms with van der Waals surface area (Å²) in [5.74, 6) is -1.66. The molecule has 285 valence electrons. The van der Waals surface area contributed by atoms with Crippen molar-refractivity contribution >= 4 is 36.8 Å². The predicted octanol–water partition coefficient (Wildman–Crippen LogP) is 1.77. The number of carbonyl (C=O) groups is 3. The molecular weight excluding hydrogens is 659 g/mol. The van der Waals surface area contributed by atoms with Gasteiger partial charge in [-0.25, -0.2) is 0 Å². The highest BCUT2D eigenvalue weighted by atomic mass is 28.3. The molecule has 0 aliphatic heterocycles. The van der Waals surface area contributed by atoms with Crippen molar-refractivity contribution in [2.45, 2.75) is 184 Å². The van der Waals surface area contributed by atoms with Gasteiger partial charge >= 0.3 is 8.84 Å². The van der Waals surface area contributed by atoms with Crippen LogP contribution in [0.1, 0.15) is 149 Å². The van der Waals surface area contributed by atoms with Crippen LogP contribution in [0, 0.1) is 0 Å². The van der Waals surface area contributed by atoms with Gasteiger partial charge < -0.3 is 47.5 Å². The van der Waals surface area contributed by atoms with Gasteiger partial charge in [-0.15, -0.1) is 0 Å². The molecule has 15 heteroatoms. The Labute approximate surface area is 301 Å². The molecule has 12 N–H and O–H groups in total. The quantitative estimate of drug-likeness (QED) is 0.0270. The zero-order chi connectivity index (χ0) is 37.1. The van der Waals surface area contributed by atoms with E-state index in [0.29, 0.717) is 58.0 Å². The van der Waals surface area contributed by atoms with Crippen molar-refractivity contribution in [3.63, 3.8) is 0 Å². The molecule has 0 aromatic heterocycles. The molecule has 0 saturated heterocycles. The van der Waals surface area contributed by atoms with Crippen LogP contribution in [0.4, 0.5) is 0 Å². The van der Waals surface area contributed by atoms with E-state index < -0.39 is 55.9 Å². The number of amides is 3. The van der Waals surface area contributed by atoms with E-state index in [-0.39, 0.29) is 5.91 Å². The maximum absolute atomic E-state index is 13.0. The molecule has 0 heterocycles. The molecule has 3 amide bonds. The number of carbonyl (C=O) groups excluding carboxylic acids is 3. The second kappa shape index (κ2) is 28.9. The number of aliphatic hydroxyl groups is 2. The van der Waals surface area contributed by atoms with Gasteiger partial charge in [0.15, 0.2) is 6.10 Å². The molecule has 0 saturated carbocycles. The van der Waals surface area contributed by atoms with Crippen LogP contribution >= 0.6 is 0 Å². The van der Waals surface area contributed by atoms with Gasteiger partial charge in [0.25, 0.3) is 0 Å². The van der Waals surface area contributed by atoms with E-state index in [9.17, 15) is 29.1 Å². The monoisotopic (exact) mass is 728 g/mol. The summed E-state index contributed by atoms with van der Waals surface area (Å²) in [5.41, 5.74) is 15.6. The van der Waals surface area contributed by atoms with Crippen molar-refractivity contribution in [2.75, 3.05) is 13.1 Å². The third kappa shape index (κ3) is 23.4. The molecular formula is C34H70N7O6Si2. The molecule has 6 atom stereocenters. The average Bonchev–Trinajstić information content (AvgIpc) is 3.05. The first-order valence-electron chi connectivity index (χ1n) is 18.8. The average molecular weight is 729 g/mol. The van der Waals surface area contributed by atoms with Gasteiger partial charge in [-0.05, 0) is 59.0 Å². The van der Waals surface area contributed by atoms with Gasteiger partial charge in [0, 0.05) is 6.42 Å². The lowest BCUT2D eigenvalue weighted by molar-refractivity contribution is -0.127. The summed E-state index contributed by atoms with van der Waals surface area (Å²) < 4.78 is 13.0. The molecule has 0 spiro atoms. The second-order valence-corrected chi connectivity index (χ2v) is 16.2. The number of primary amides is 1. The first kappa shape index (κ1) is 47.2. The van der Waals surface area contributed by atoms with Crippen LogP contribution in [0.3, 0.4) is 0 Å². The topological polar surface area (TPSA) is 235 Å². The van der Waals surface area contributed by atoms with Gasteiger partial charge in [-0.1, -0.05) is 96.8 Å². The minimum atomic E-state index is -2.72. The summed E-state index contributed by atoms with van der Waals surface area (Å²) in [6.45, 7) is 6.23. The van der Waals surface area contributed by atoms with Crippen molar-refractivity contribution in [1.82, 2.24) is 20.9 Å². The van der Waals surface area contributed by atoms with Crippen molar-refractivity contribution in [1.29, 1.82) is 0 Å². The zero-order valence-electron chi connectivity index (χ0n) is 30.7. The number of rotatable bonds is 33. The van der Waals surface area contributed by atoms with E-state index in [2.05, 4.69) is 38.1 Å². The van der Waals surface area contributed by atoms with Gasteiger partial charge in [0.1, 0.15) is 5.35 Å². The van der Waals surface area contributed by atoms with Crippen molar-refractivity contribution in [2.24, 2.45) is 17.2 Å². The molecule has 0 aromatic carbocycles. The van der Waals surface area contributed by atoms with Crippen LogP contribution in [0.25, 0.3) is 0 Å². The third-order valence-corrected chi connectivity index (χ3v) is 10.9. The fourth-order valence-electron chi connectivity index (χ4n) is 5.67. The van der Waals surface area contributed by atoms with Crippen LogP contribution in [0.15, 0.2) is 0 Å². The number of hydrogen-bond donors (Lipinski definition) is 9. The zero-order valence-corrected chi connectivity index (χ0v) is 32.7. The molecule has 2 unspecified atom stereocenters. The molecule has 0 fully saturated rings. The van der Waals surface area contributed by atoms with E-state index in [0.717, 1.165) is 19.3 Å². The van der Waals surface area contributed by atoms with E-state index in [1.165, 1.54) is 71.1 Å². The summed E-state index contributed by atoms with van der Waals surface area (Å²) >= 11 is 0. The number of nitrogens with one attached hydrogen (secondary N) is 4. The minimum Gasteiger partial charge on any atom is -0.383 e.